The van der Waals surface area contributed by atoms with E-state index in [1.807, 2.05) is 0 Å². The Balaban J connectivity index is 1.76. The number of nitrogens with one attached hydrogen (secondary N) is 1. The lowest BCUT2D eigenvalue weighted by atomic mass is 9.81. The summed E-state index contributed by atoms with van der Waals surface area (Å²) >= 11 is 0. The third kappa shape index (κ3) is 8.23. The standard InChI is InChI=1S/C28H46N6O3/c1-7-8-19(2)31-28-30-17-24(26(32-28)20(3)21-9-11-22(35)12-10-21)27(29-4)37-23-13-15-34(16-14-23)18-25(36)33(5)6/h17,19,21-23,35H,3,7-16,18H2,1-2,4-6H3,(H,30,31,32)/b29-27+/t19?,21-,22-. The number of ether oxygens (including phenoxy) is 1. The van der Waals surface area contributed by atoms with Gasteiger partial charge in [0.15, 0.2) is 0 Å². The van der Waals surface area contributed by atoms with Gasteiger partial charge in [0, 0.05) is 46.5 Å². The monoisotopic (exact) mass is 514 g/mol. The van der Waals surface area contributed by atoms with Crippen molar-refractivity contribution < 1.29 is 14.6 Å². The first-order chi connectivity index (χ1) is 17.7. The molecular formula is C28H46N6O3. The van der Waals surface area contributed by atoms with Crippen molar-refractivity contribution in [2.45, 2.75) is 83.5 Å². The second kappa shape index (κ2) is 13.9. The molecule has 3 rings (SSSR count). The van der Waals surface area contributed by atoms with Gasteiger partial charge in [-0.15, -0.1) is 0 Å². The summed E-state index contributed by atoms with van der Waals surface area (Å²) < 4.78 is 6.43. The van der Waals surface area contributed by atoms with E-state index in [1.165, 1.54) is 0 Å². The number of aliphatic imine (C=N–C) groups is 1. The average Bonchev–Trinajstić information content (AvgIpc) is 2.88. The molecule has 0 aromatic carbocycles. The Kier molecular flexibility index (Phi) is 10.9. The van der Waals surface area contributed by atoms with Crippen LogP contribution in [0.15, 0.2) is 17.8 Å². The molecule has 1 unspecified atom stereocenters. The van der Waals surface area contributed by atoms with Gasteiger partial charge >= 0.3 is 0 Å². The maximum absolute atomic E-state index is 12.1. The molecule has 1 saturated heterocycles. The van der Waals surface area contributed by atoms with E-state index in [-0.39, 0.29) is 30.1 Å². The Morgan fingerprint density at radius 2 is 1.95 bits per heavy atom. The van der Waals surface area contributed by atoms with Gasteiger partial charge in [0.1, 0.15) is 6.10 Å². The highest BCUT2D eigenvalue weighted by atomic mass is 16.5. The fourth-order valence-corrected chi connectivity index (χ4v) is 5.11. The highest BCUT2D eigenvalue weighted by Gasteiger charge is 2.28. The summed E-state index contributed by atoms with van der Waals surface area (Å²) in [6, 6.07) is 0.266. The molecule has 2 fully saturated rings. The van der Waals surface area contributed by atoms with Crippen LogP contribution in [0.1, 0.15) is 76.5 Å². The molecule has 1 aliphatic carbocycles. The average molecular weight is 515 g/mol. The van der Waals surface area contributed by atoms with Crippen LogP contribution in [-0.2, 0) is 9.53 Å². The molecule has 1 amide bonds. The van der Waals surface area contributed by atoms with Crippen molar-refractivity contribution in [2.75, 3.05) is 46.1 Å². The molecular weight excluding hydrogens is 468 g/mol. The molecule has 1 aromatic heterocycles. The van der Waals surface area contributed by atoms with E-state index in [0.29, 0.717) is 18.4 Å². The summed E-state index contributed by atoms with van der Waals surface area (Å²) in [5, 5.41) is 13.4. The van der Waals surface area contributed by atoms with Gasteiger partial charge in [-0.1, -0.05) is 19.9 Å². The number of anilines is 1. The van der Waals surface area contributed by atoms with E-state index in [4.69, 9.17) is 9.72 Å². The van der Waals surface area contributed by atoms with Gasteiger partial charge in [-0.3, -0.25) is 14.7 Å². The molecule has 37 heavy (non-hydrogen) atoms. The van der Waals surface area contributed by atoms with Gasteiger partial charge in [-0.25, -0.2) is 9.97 Å². The number of hydrogen-bond acceptors (Lipinski definition) is 8. The van der Waals surface area contributed by atoms with E-state index < -0.39 is 0 Å². The number of allylic oxidation sites excluding steroid dienone is 1. The summed E-state index contributed by atoms with van der Waals surface area (Å²) in [5.41, 5.74) is 2.49. The van der Waals surface area contributed by atoms with Crippen LogP contribution in [-0.4, -0.2) is 95.7 Å². The lowest BCUT2D eigenvalue weighted by Gasteiger charge is -2.32. The maximum Gasteiger partial charge on any atom is 0.236 e. The number of aromatic nitrogens is 2. The zero-order chi connectivity index (χ0) is 26.9. The van der Waals surface area contributed by atoms with Crippen molar-refractivity contribution in [3.63, 3.8) is 0 Å². The van der Waals surface area contributed by atoms with Crippen molar-refractivity contribution in [3.05, 3.63) is 24.0 Å². The van der Waals surface area contributed by atoms with Gasteiger partial charge in [0.25, 0.3) is 0 Å². The van der Waals surface area contributed by atoms with E-state index in [9.17, 15) is 9.90 Å². The molecule has 0 spiro atoms. The maximum atomic E-state index is 12.1. The van der Waals surface area contributed by atoms with Gasteiger partial charge in [0.2, 0.25) is 17.8 Å². The van der Waals surface area contributed by atoms with Crippen LogP contribution < -0.4 is 5.32 Å². The third-order valence-electron chi connectivity index (χ3n) is 7.48. The molecule has 1 atom stereocenters. The third-order valence-corrected chi connectivity index (χ3v) is 7.48. The van der Waals surface area contributed by atoms with Crippen LogP contribution in [0, 0.1) is 5.92 Å². The SMILES string of the molecule is C=C(c1nc(NC(C)CCC)ncc1/C(=N\C)OC1CCN(CC(=O)N(C)C)CC1)[C@H]1CC[C@H](O)CC1. The van der Waals surface area contributed by atoms with Crippen LogP contribution in [0.5, 0.6) is 0 Å². The molecule has 206 valence electrons. The van der Waals surface area contributed by atoms with Gasteiger partial charge < -0.3 is 20.1 Å². The lowest BCUT2D eigenvalue weighted by molar-refractivity contribution is -0.130. The second-order valence-corrected chi connectivity index (χ2v) is 10.7. The van der Waals surface area contributed by atoms with Crippen LogP contribution in [0.3, 0.4) is 0 Å². The van der Waals surface area contributed by atoms with E-state index in [1.54, 1.807) is 32.2 Å². The number of likely N-dealkylation sites (tertiary alicyclic amines) is 1. The molecule has 0 bridgehead atoms. The molecule has 2 N–H and O–H groups in total. The molecule has 0 radical (unpaired) electrons. The van der Waals surface area contributed by atoms with Gasteiger partial charge in [-0.05, 0) is 63.4 Å². The predicted octanol–water partition coefficient (Wildman–Crippen LogP) is 3.59. The number of rotatable bonds is 10. The van der Waals surface area contributed by atoms with E-state index in [0.717, 1.165) is 81.3 Å². The number of likely N-dealkylation sites (N-methyl/N-ethyl adjacent to an activating group) is 1. The summed E-state index contributed by atoms with van der Waals surface area (Å²) in [7, 11) is 5.31. The Labute approximate surface area is 222 Å². The fraction of sp³-hybridized carbons (Fsp3) is 0.714. The molecule has 2 heterocycles. The minimum atomic E-state index is -0.226. The van der Waals surface area contributed by atoms with Crippen LogP contribution in [0.4, 0.5) is 5.95 Å². The second-order valence-electron chi connectivity index (χ2n) is 10.7. The van der Waals surface area contributed by atoms with Crippen molar-refractivity contribution in [2.24, 2.45) is 10.9 Å². The first-order valence-corrected chi connectivity index (χ1v) is 13.8. The van der Waals surface area contributed by atoms with Gasteiger partial charge in [-0.2, -0.15) is 0 Å². The topological polar surface area (TPSA) is 103 Å². The Bertz CT molecular complexity index is 934. The number of aliphatic hydroxyl groups is 1. The largest absolute Gasteiger partial charge is 0.474 e. The zero-order valence-electron chi connectivity index (χ0n) is 23.4. The molecule has 9 heteroatoms. The first-order valence-electron chi connectivity index (χ1n) is 13.8. The van der Waals surface area contributed by atoms with Crippen LogP contribution in [0.25, 0.3) is 5.57 Å². The predicted molar refractivity (Wildman–Crippen MR) is 149 cm³/mol. The highest BCUT2D eigenvalue weighted by molar-refractivity contribution is 5.98. The summed E-state index contributed by atoms with van der Waals surface area (Å²) in [5.74, 6) is 1.50. The van der Waals surface area contributed by atoms with Crippen LogP contribution in [0.2, 0.25) is 0 Å². The smallest absolute Gasteiger partial charge is 0.236 e. The number of hydrogen-bond donors (Lipinski definition) is 2. The van der Waals surface area contributed by atoms with Crippen molar-refractivity contribution in [3.8, 4) is 0 Å². The Morgan fingerprint density at radius 1 is 1.27 bits per heavy atom. The quantitative estimate of drug-likeness (QED) is 0.363. The lowest BCUT2D eigenvalue weighted by Crippen LogP contribution is -2.43. The first kappa shape index (κ1) is 29.0. The molecule has 1 aromatic rings. The minimum absolute atomic E-state index is 0.0118. The van der Waals surface area contributed by atoms with Crippen molar-refractivity contribution >= 4 is 23.3 Å². The number of amides is 1. The highest BCUT2D eigenvalue weighted by Crippen LogP contribution is 2.35. The summed E-state index contributed by atoms with van der Waals surface area (Å²) in [4.78, 5) is 29.9. The Morgan fingerprint density at radius 3 is 2.54 bits per heavy atom. The Hall–Kier alpha value is -2.52. The number of nitrogens with zero attached hydrogens (tertiary/aromatic N) is 5. The molecule has 1 saturated carbocycles. The van der Waals surface area contributed by atoms with Crippen molar-refractivity contribution in [1.29, 1.82) is 0 Å². The van der Waals surface area contributed by atoms with Crippen LogP contribution >= 0.6 is 0 Å². The summed E-state index contributed by atoms with van der Waals surface area (Å²) in [6.45, 7) is 10.8. The number of aliphatic hydroxyl groups excluding tert-OH is 1. The fourth-order valence-electron chi connectivity index (χ4n) is 5.11. The molecule has 2 aliphatic rings. The van der Waals surface area contributed by atoms with E-state index >= 15 is 0 Å². The molecule has 1 aliphatic heterocycles. The van der Waals surface area contributed by atoms with Gasteiger partial charge in [0.05, 0.1) is 23.9 Å². The number of carbonyl (C=O) groups is 1. The zero-order valence-corrected chi connectivity index (χ0v) is 23.4. The molecule has 9 nitrogen and oxygen atoms in total. The van der Waals surface area contributed by atoms with Crippen molar-refractivity contribution in [1.82, 2.24) is 19.8 Å². The normalized spacial score (nSPS) is 22.4. The number of carbonyl (C=O) groups excluding carboxylic acids is 1. The van der Waals surface area contributed by atoms with E-state index in [2.05, 4.69) is 40.6 Å². The number of piperidine rings is 1. The summed E-state index contributed by atoms with van der Waals surface area (Å²) in [6.07, 6.45) is 8.70. The minimum Gasteiger partial charge on any atom is -0.474 e.